The number of carbonyl (C=O) groups is 1. The fourth-order valence-corrected chi connectivity index (χ4v) is 4.83. The first kappa shape index (κ1) is 27.8. The molecule has 3 heterocycles. The molecule has 0 saturated carbocycles. The SMILES string of the molecule is O=C(NCC(c1cnc(C(F)(F)F)nc1)N1CCOCC1)c1c(Cl)ccc2nc(NCc3ccccc3)ccc12. The summed E-state index contributed by atoms with van der Waals surface area (Å²) >= 11 is 6.46. The summed E-state index contributed by atoms with van der Waals surface area (Å²) in [6.45, 7) is 2.71. The Morgan fingerprint density at radius 1 is 1.02 bits per heavy atom. The van der Waals surface area contributed by atoms with E-state index in [0.717, 1.165) is 18.0 Å². The van der Waals surface area contributed by atoms with Crippen molar-refractivity contribution < 1.29 is 22.7 Å². The minimum Gasteiger partial charge on any atom is -0.379 e. The molecule has 12 heteroatoms. The largest absolute Gasteiger partial charge is 0.451 e. The Bertz CT molecular complexity index is 1470. The maximum Gasteiger partial charge on any atom is 0.451 e. The highest BCUT2D eigenvalue weighted by molar-refractivity contribution is 6.35. The number of amides is 1. The zero-order chi connectivity index (χ0) is 28.1. The lowest BCUT2D eigenvalue weighted by atomic mass is 10.1. The van der Waals surface area contributed by atoms with Gasteiger partial charge in [0.2, 0.25) is 5.82 Å². The first-order chi connectivity index (χ1) is 19.3. The molecule has 1 saturated heterocycles. The van der Waals surface area contributed by atoms with Crippen LogP contribution in [-0.2, 0) is 17.5 Å². The molecule has 1 aliphatic heterocycles. The molecule has 0 radical (unpaired) electrons. The van der Waals surface area contributed by atoms with Crippen molar-refractivity contribution in [2.75, 3.05) is 38.2 Å². The lowest BCUT2D eigenvalue weighted by Crippen LogP contribution is -2.44. The van der Waals surface area contributed by atoms with Gasteiger partial charge in [0, 0.05) is 49.5 Å². The van der Waals surface area contributed by atoms with Crippen molar-refractivity contribution in [3.8, 4) is 0 Å². The van der Waals surface area contributed by atoms with Crippen LogP contribution in [0.1, 0.15) is 33.4 Å². The van der Waals surface area contributed by atoms with Crippen molar-refractivity contribution in [2.45, 2.75) is 18.8 Å². The number of aromatic nitrogens is 3. The van der Waals surface area contributed by atoms with Crippen LogP contribution in [0.5, 0.6) is 0 Å². The molecule has 0 spiro atoms. The maximum absolute atomic E-state index is 13.4. The Kier molecular flexibility index (Phi) is 8.43. The molecule has 4 aromatic rings. The molecule has 1 fully saturated rings. The Morgan fingerprint density at radius 3 is 2.45 bits per heavy atom. The van der Waals surface area contributed by atoms with E-state index in [0.29, 0.717) is 55.1 Å². The number of halogens is 4. The first-order valence-corrected chi connectivity index (χ1v) is 13.0. The van der Waals surface area contributed by atoms with Gasteiger partial charge in [-0.2, -0.15) is 13.2 Å². The lowest BCUT2D eigenvalue weighted by Gasteiger charge is -2.34. The smallest absolute Gasteiger partial charge is 0.379 e. The van der Waals surface area contributed by atoms with E-state index < -0.39 is 23.9 Å². The molecule has 1 amide bonds. The quantitative estimate of drug-likeness (QED) is 0.304. The van der Waals surface area contributed by atoms with E-state index in [4.69, 9.17) is 16.3 Å². The van der Waals surface area contributed by atoms with Crippen LogP contribution in [0.3, 0.4) is 0 Å². The van der Waals surface area contributed by atoms with Crippen LogP contribution in [0.15, 0.2) is 67.0 Å². The minimum absolute atomic E-state index is 0.102. The van der Waals surface area contributed by atoms with Crippen LogP contribution < -0.4 is 10.6 Å². The number of nitrogens with one attached hydrogen (secondary N) is 2. The summed E-state index contributed by atoms with van der Waals surface area (Å²) < 4.78 is 44.4. The number of hydrogen-bond donors (Lipinski definition) is 2. The second-order valence-electron chi connectivity index (χ2n) is 9.24. The van der Waals surface area contributed by atoms with Crippen LogP contribution in [0.4, 0.5) is 19.0 Å². The second-order valence-corrected chi connectivity index (χ2v) is 9.64. The molecule has 40 heavy (non-hydrogen) atoms. The fraction of sp³-hybridized carbons (Fsp3) is 0.286. The third-order valence-corrected chi connectivity index (χ3v) is 6.93. The fourth-order valence-electron chi connectivity index (χ4n) is 4.58. The molecule has 1 atom stereocenters. The van der Waals surface area contributed by atoms with Crippen molar-refractivity contribution in [2.24, 2.45) is 0 Å². The molecule has 2 aromatic heterocycles. The van der Waals surface area contributed by atoms with Crippen LogP contribution >= 0.6 is 11.6 Å². The number of fused-ring (bicyclic) bond motifs is 1. The number of benzene rings is 2. The van der Waals surface area contributed by atoms with E-state index >= 15 is 0 Å². The van der Waals surface area contributed by atoms with E-state index in [2.05, 4.69) is 25.6 Å². The molecular formula is C28H26ClF3N6O2. The average molecular weight is 571 g/mol. The third-order valence-electron chi connectivity index (χ3n) is 6.62. The lowest BCUT2D eigenvalue weighted by molar-refractivity contribution is -0.145. The zero-order valence-electron chi connectivity index (χ0n) is 21.3. The van der Waals surface area contributed by atoms with Crippen LogP contribution in [0.2, 0.25) is 5.02 Å². The second kappa shape index (κ2) is 12.2. The molecule has 2 aromatic carbocycles. The van der Waals surface area contributed by atoms with Gasteiger partial charge in [0.15, 0.2) is 0 Å². The molecule has 1 unspecified atom stereocenters. The number of morpholine rings is 1. The van der Waals surface area contributed by atoms with Gasteiger partial charge in [0.25, 0.3) is 5.91 Å². The van der Waals surface area contributed by atoms with E-state index in [1.54, 1.807) is 24.3 Å². The Labute approximate surface area is 233 Å². The van der Waals surface area contributed by atoms with Crippen molar-refractivity contribution in [1.29, 1.82) is 0 Å². The van der Waals surface area contributed by atoms with Gasteiger partial charge >= 0.3 is 6.18 Å². The number of hydrogen-bond acceptors (Lipinski definition) is 7. The summed E-state index contributed by atoms with van der Waals surface area (Å²) in [5.74, 6) is -0.984. The number of rotatable bonds is 8. The van der Waals surface area contributed by atoms with Gasteiger partial charge in [-0.1, -0.05) is 41.9 Å². The maximum atomic E-state index is 13.4. The average Bonchev–Trinajstić information content (AvgIpc) is 2.97. The number of ether oxygens (including phenoxy) is 1. The Morgan fingerprint density at radius 2 is 1.75 bits per heavy atom. The third kappa shape index (κ3) is 6.49. The number of anilines is 1. The normalized spacial score (nSPS) is 15.1. The molecule has 2 N–H and O–H groups in total. The number of pyridine rings is 1. The molecule has 8 nitrogen and oxygen atoms in total. The first-order valence-electron chi connectivity index (χ1n) is 12.7. The summed E-state index contributed by atoms with van der Waals surface area (Å²) in [5.41, 5.74) is 2.42. The highest BCUT2D eigenvalue weighted by Gasteiger charge is 2.35. The Balaban J connectivity index is 1.34. The van der Waals surface area contributed by atoms with Gasteiger partial charge in [-0.05, 0) is 29.8 Å². The summed E-state index contributed by atoms with van der Waals surface area (Å²) in [6, 6.07) is 16.4. The minimum atomic E-state index is -4.64. The Hall–Kier alpha value is -3.80. The predicted octanol–water partition coefficient (Wildman–Crippen LogP) is 5.11. The standard InChI is InChI=1S/C28H26ClF3N6O2/c29-21-7-8-22-20(6-9-24(37-22)33-14-18-4-2-1-3-5-18)25(21)26(39)34-17-23(38-10-12-40-13-11-38)19-15-35-27(36-16-19)28(30,31)32/h1-9,15-16,23H,10-14,17H2,(H,33,37)(H,34,39). The van der Waals surface area contributed by atoms with E-state index in [1.165, 1.54) is 0 Å². The van der Waals surface area contributed by atoms with Crippen LogP contribution in [-0.4, -0.2) is 58.6 Å². The highest BCUT2D eigenvalue weighted by atomic mass is 35.5. The van der Waals surface area contributed by atoms with Crippen molar-refractivity contribution >= 4 is 34.2 Å². The summed E-state index contributed by atoms with van der Waals surface area (Å²) in [5, 5.41) is 7.03. The van der Waals surface area contributed by atoms with Crippen molar-refractivity contribution in [3.05, 3.63) is 94.5 Å². The monoisotopic (exact) mass is 570 g/mol. The molecule has 5 rings (SSSR count). The van der Waals surface area contributed by atoms with Gasteiger partial charge in [0.05, 0.1) is 35.4 Å². The van der Waals surface area contributed by atoms with E-state index in [1.807, 2.05) is 35.2 Å². The molecule has 0 aliphatic carbocycles. The molecular weight excluding hydrogens is 545 g/mol. The van der Waals surface area contributed by atoms with Gasteiger partial charge in [-0.3, -0.25) is 9.69 Å². The van der Waals surface area contributed by atoms with Crippen molar-refractivity contribution in [3.63, 3.8) is 0 Å². The summed E-state index contributed by atoms with van der Waals surface area (Å²) in [4.78, 5) is 27.1. The highest BCUT2D eigenvalue weighted by Crippen LogP contribution is 2.29. The number of alkyl halides is 3. The molecule has 0 bridgehead atoms. The van der Waals surface area contributed by atoms with Gasteiger partial charge in [0.1, 0.15) is 5.82 Å². The van der Waals surface area contributed by atoms with Crippen molar-refractivity contribution in [1.82, 2.24) is 25.2 Å². The van der Waals surface area contributed by atoms with Gasteiger partial charge < -0.3 is 15.4 Å². The summed E-state index contributed by atoms with van der Waals surface area (Å²) in [7, 11) is 0. The van der Waals surface area contributed by atoms with E-state index in [-0.39, 0.29) is 17.1 Å². The predicted molar refractivity (Wildman–Crippen MR) is 145 cm³/mol. The van der Waals surface area contributed by atoms with Crippen LogP contribution in [0, 0.1) is 0 Å². The van der Waals surface area contributed by atoms with Gasteiger partial charge in [-0.25, -0.2) is 15.0 Å². The summed E-state index contributed by atoms with van der Waals surface area (Å²) in [6.07, 6.45) is -2.33. The zero-order valence-corrected chi connectivity index (χ0v) is 22.0. The molecule has 1 aliphatic rings. The van der Waals surface area contributed by atoms with Gasteiger partial charge in [-0.15, -0.1) is 0 Å². The number of carbonyl (C=O) groups excluding carboxylic acids is 1. The molecule has 208 valence electrons. The number of nitrogens with zero attached hydrogens (tertiary/aromatic N) is 4. The van der Waals surface area contributed by atoms with E-state index in [9.17, 15) is 18.0 Å². The topological polar surface area (TPSA) is 92.3 Å². The van der Waals surface area contributed by atoms with Crippen LogP contribution in [0.25, 0.3) is 10.9 Å².